The van der Waals surface area contributed by atoms with Crippen molar-refractivity contribution in [3.05, 3.63) is 24.3 Å². The van der Waals surface area contributed by atoms with Gasteiger partial charge in [-0.15, -0.1) is 0 Å². The molecule has 0 heterocycles. The summed E-state index contributed by atoms with van der Waals surface area (Å²) in [7, 11) is 0. The molecule has 0 bridgehead atoms. The third kappa shape index (κ3) is 1.10. The Morgan fingerprint density at radius 2 is 1.62 bits per heavy atom. The molecule has 0 fully saturated rings. The van der Waals surface area contributed by atoms with E-state index in [0.717, 1.165) is 0 Å². The van der Waals surface area contributed by atoms with E-state index in [2.05, 4.69) is 0 Å². The Morgan fingerprint density at radius 3 is 2.00 bits per heavy atom. The van der Waals surface area contributed by atoms with Crippen LogP contribution < -0.4 is 0 Å². The number of hydrogen-bond donors (Lipinski definition) is 0. The molecule has 0 aromatic rings. The average Bonchev–Trinajstić information content (AvgIpc) is 1.77. The van der Waals surface area contributed by atoms with Crippen LogP contribution in [-0.2, 0) is 4.79 Å². The van der Waals surface area contributed by atoms with Crippen molar-refractivity contribution in [2.24, 2.45) is 0 Å². The van der Waals surface area contributed by atoms with Crippen LogP contribution in [0.4, 0.5) is 0 Å². The van der Waals surface area contributed by atoms with E-state index >= 15 is 0 Å². The summed E-state index contributed by atoms with van der Waals surface area (Å²) < 4.78 is 0. The summed E-state index contributed by atoms with van der Waals surface area (Å²) in [6.07, 6.45) is 6.17. The summed E-state index contributed by atoms with van der Waals surface area (Å²) in [5, 5.41) is 0. The number of ketones is 1. The van der Waals surface area contributed by atoms with Crippen LogP contribution in [0.5, 0.6) is 0 Å². The van der Waals surface area contributed by atoms with Gasteiger partial charge in [0.2, 0.25) is 0 Å². The molecule has 0 radical (unpaired) electrons. The van der Waals surface area contributed by atoms with E-state index in [9.17, 15) is 4.79 Å². The number of carbonyl (C=O) groups is 1. The molecule has 8 heavy (non-hydrogen) atoms. The molecule has 40 valence electrons. The third-order valence-electron chi connectivity index (χ3n) is 0.824. The van der Waals surface area contributed by atoms with Crippen LogP contribution in [0.15, 0.2) is 24.3 Å². The van der Waals surface area contributed by atoms with Crippen molar-refractivity contribution in [1.82, 2.24) is 0 Å². The second kappa shape index (κ2) is 2.01. The normalized spacial score (nSPS) is 17.5. The maximum atomic E-state index is 10.4. The molecule has 1 aliphatic rings. The van der Waals surface area contributed by atoms with Crippen molar-refractivity contribution in [1.29, 1.82) is 0 Å². The van der Waals surface area contributed by atoms with Gasteiger partial charge in [0, 0.05) is 4.86 Å². The number of rotatable bonds is 0. The zero-order chi connectivity index (χ0) is 5.98. The quantitative estimate of drug-likeness (QED) is 0.449. The molecule has 0 saturated heterocycles. The molecule has 1 rings (SSSR count). The van der Waals surface area contributed by atoms with Gasteiger partial charge in [-0.25, -0.2) is 0 Å². The molecular formula is C6H4OS. The van der Waals surface area contributed by atoms with Gasteiger partial charge in [-0.3, -0.25) is 4.79 Å². The summed E-state index contributed by atoms with van der Waals surface area (Å²) >= 11 is 4.73. The predicted octanol–water partition coefficient (Wildman–Crippen LogP) is 1.05. The summed E-state index contributed by atoms with van der Waals surface area (Å²) in [6.45, 7) is 0. The van der Waals surface area contributed by atoms with Gasteiger partial charge in [0.15, 0.2) is 5.78 Å². The zero-order valence-electron chi connectivity index (χ0n) is 4.13. The van der Waals surface area contributed by atoms with E-state index in [1.54, 1.807) is 12.2 Å². The highest BCUT2D eigenvalue weighted by Crippen LogP contribution is 1.93. The number of carbonyl (C=O) groups excluding carboxylic acids is 1. The van der Waals surface area contributed by atoms with E-state index in [4.69, 9.17) is 12.2 Å². The molecular weight excluding hydrogens is 120 g/mol. The fourth-order valence-electron chi connectivity index (χ4n) is 0.440. The molecule has 0 amide bonds. The highest BCUT2D eigenvalue weighted by Gasteiger charge is 1.94. The first kappa shape index (κ1) is 5.38. The Morgan fingerprint density at radius 1 is 1.12 bits per heavy atom. The average molecular weight is 124 g/mol. The number of hydrogen-bond acceptors (Lipinski definition) is 2. The summed E-state index contributed by atoms with van der Waals surface area (Å²) in [4.78, 5) is 11.1. The second-order valence-electron chi connectivity index (χ2n) is 1.47. The molecule has 0 unspecified atom stereocenters. The molecule has 0 aromatic heterocycles. The Bertz CT molecular complexity index is 151. The Balaban J connectivity index is 2.83. The van der Waals surface area contributed by atoms with Crippen LogP contribution in [0.2, 0.25) is 0 Å². The monoisotopic (exact) mass is 124 g/mol. The minimum atomic E-state index is 0.0126. The molecule has 0 saturated carbocycles. The smallest absolute Gasteiger partial charge is 0.178 e. The molecule has 2 heteroatoms. The summed E-state index contributed by atoms with van der Waals surface area (Å²) in [5.74, 6) is 0.0126. The predicted molar refractivity (Wildman–Crippen MR) is 35.9 cm³/mol. The third-order valence-corrected chi connectivity index (χ3v) is 1.10. The largest absolute Gasteiger partial charge is 0.290 e. The molecule has 0 aliphatic heterocycles. The molecule has 0 atom stereocenters. The van der Waals surface area contributed by atoms with Gasteiger partial charge in [0.25, 0.3) is 0 Å². The standard InChI is InChI=1S/C6H4OS/c7-5-1-3-6(8)4-2-5/h1-4H. The molecule has 1 aliphatic carbocycles. The molecule has 0 spiro atoms. The highest BCUT2D eigenvalue weighted by molar-refractivity contribution is 7.81. The maximum Gasteiger partial charge on any atom is 0.178 e. The molecule has 1 nitrogen and oxygen atoms in total. The Hall–Kier alpha value is -0.760. The number of thiocarbonyl (C=S) groups is 1. The van der Waals surface area contributed by atoms with Crippen molar-refractivity contribution >= 4 is 22.9 Å². The van der Waals surface area contributed by atoms with E-state index < -0.39 is 0 Å². The van der Waals surface area contributed by atoms with Gasteiger partial charge in [-0.05, 0) is 24.3 Å². The fraction of sp³-hybridized carbons (Fsp3) is 0. The first-order valence-corrected chi connectivity index (χ1v) is 2.64. The van der Waals surface area contributed by atoms with Crippen LogP contribution in [-0.4, -0.2) is 10.6 Å². The lowest BCUT2D eigenvalue weighted by atomic mass is 10.2. The van der Waals surface area contributed by atoms with Gasteiger partial charge in [-0.1, -0.05) is 12.2 Å². The van der Waals surface area contributed by atoms with Crippen molar-refractivity contribution in [2.75, 3.05) is 0 Å². The topological polar surface area (TPSA) is 17.1 Å². The van der Waals surface area contributed by atoms with Crippen molar-refractivity contribution in [3.8, 4) is 0 Å². The van der Waals surface area contributed by atoms with Gasteiger partial charge >= 0.3 is 0 Å². The highest BCUT2D eigenvalue weighted by atomic mass is 32.1. The van der Waals surface area contributed by atoms with Gasteiger partial charge in [-0.2, -0.15) is 0 Å². The van der Waals surface area contributed by atoms with Gasteiger partial charge < -0.3 is 0 Å². The summed E-state index contributed by atoms with van der Waals surface area (Å²) in [6, 6.07) is 0. The van der Waals surface area contributed by atoms with Crippen molar-refractivity contribution in [2.45, 2.75) is 0 Å². The second-order valence-corrected chi connectivity index (χ2v) is 1.94. The van der Waals surface area contributed by atoms with E-state index in [1.165, 1.54) is 12.2 Å². The summed E-state index contributed by atoms with van der Waals surface area (Å²) in [5.41, 5.74) is 0. The van der Waals surface area contributed by atoms with E-state index in [-0.39, 0.29) is 5.78 Å². The lowest BCUT2D eigenvalue weighted by Gasteiger charge is -1.90. The first-order valence-electron chi connectivity index (χ1n) is 2.23. The molecule has 0 aromatic carbocycles. The lowest BCUT2D eigenvalue weighted by Crippen LogP contribution is -1.95. The van der Waals surface area contributed by atoms with Gasteiger partial charge in [0.1, 0.15) is 0 Å². The van der Waals surface area contributed by atoms with Crippen molar-refractivity contribution in [3.63, 3.8) is 0 Å². The molecule has 0 N–H and O–H groups in total. The van der Waals surface area contributed by atoms with Crippen molar-refractivity contribution < 1.29 is 4.79 Å². The van der Waals surface area contributed by atoms with Gasteiger partial charge in [0.05, 0.1) is 0 Å². The van der Waals surface area contributed by atoms with Crippen LogP contribution in [0, 0.1) is 0 Å². The van der Waals surface area contributed by atoms with E-state index in [0.29, 0.717) is 4.86 Å². The lowest BCUT2D eigenvalue weighted by molar-refractivity contribution is -0.110. The van der Waals surface area contributed by atoms with Crippen LogP contribution in [0.25, 0.3) is 0 Å². The first-order chi connectivity index (χ1) is 3.79. The Labute approximate surface area is 52.7 Å². The zero-order valence-corrected chi connectivity index (χ0v) is 4.94. The van der Waals surface area contributed by atoms with Crippen LogP contribution >= 0.6 is 12.2 Å². The number of allylic oxidation sites excluding steroid dienone is 4. The Kier molecular flexibility index (Phi) is 1.35. The van der Waals surface area contributed by atoms with E-state index in [1.807, 2.05) is 0 Å². The minimum Gasteiger partial charge on any atom is -0.290 e. The van der Waals surface area contributed by atoms with Crippen LogP contribution in [0.3, 0.4) is 0 Å². The van der Waals surface area contributed by atoms with Crippen LogP contribution in [0.1, 0.15) is 0 Å². The minimum absolute atomic E-state index is 0.0126. The maximum absolute atomic E-state index is 10.4. The SMILES string of the molecule is O=C1C=CC(=S)C=C1. The fourth-order valence-corrected chi connectivity index (χ4v) is 0.576.